The number of halogens is 1. The Hall–Kier alpha value is -1.46. The Labute approximate surface area is 136 Å². The minimum absolute atomic E-state index is 0.178. The average molecular weight is 321 g/mol. The first-order valence-electron chi connectivity index (χ1n) is 8.22. The lowest BCUT2D eigenvalue weighted by Crippen LogP contribution is -2.53. The number of amides is 1. The number of hydrogen-bond donors (Lipinski definition) is 0. The number of benzene rings is 1. The lowest BCUT2D eigenvalue weighted by atomic mass is 9.68. The lowest BCUT2D eigenvalue weighted by molar-refractivity contribution is -0.159. The van der Waals surface area contributed by atoms with E-state index in [4.69, 9.17) is 9.47 Å². The van der Waals surface area contributed by atoms with Gasteiger partial charge in [-0.25, -0.2) is 4.39 Å². The topological polar surface area (TPSA) is 38.8 Å². The van der Waals surface area contributed by atoms with Crippen LogP contribution >= 0.6 is 0 Å². The summed E-state index contributed by atoms with van der Waals surface area (Å²) in [5.74, 6) is -0.0382. The molecule has 1 aliphatic carbocycles. The Morgan fingerprint density at radius 1 is 1.48 bits per heavy atom. The smallest absolute Gasteiger partial charge is 0.231 e. The van der Waals surface area contributed by atoms with Gasteiger partial charge < -0.3 is 14.4 Å². The highest BCUT2D eigenvalue weighted by molar-refractivity contribution is 5.84. The van der Waals surface area contributed by atoms with Crippen LogP contribution < -0.4 is 0 Å². The molecule has 1 atom stereocenters. The molecule has 0 aromatic heterocycles. The SMILES string of the molecule is COCC1(C(=O)N2CCOC(c3ccc(F)c(C)c3)C2)CCC1. The zero-order valence-electron chi connectivity index (χ0n) is 13.8. The third-order valence-corrected chi connectivity index (χ3v) is 5.09. The second-order valence-electron chi connectivity index (χ2n) is 6.69. The van der Waals surface area contributed by atoms with Crippen molar-refractivity contribution >= 4 is 5.91 Å². The predicted octanol–water partition coefficient (Wildman–Crippen LogP) is 2.85. The van der Waals surface area contributed by atoms with Gasteiger partial charge in [-0.05, 0) is 37.0 Å². The summed E-state index contributed by atoms with van der Waals surface area (Å²) >= 11 is 0. The minimum Gasteiger partial charge on any atom is -0.384 e. The second-order valence-corrected chi connectivity index (χ2v) is 6.69. The summed E-state index contributed by atoms with van der Waals surface area (Å²) in [5.41, 5.74) is 1.19. The number of nitrogens with zero attached hydrogens (tertiary/aromatic N) is 1. The molecule has 2 fully saturated rings. The van der Waals surface area contributed by atoms with E-state index in [0.29, 0.717) is 31.9 Å². The number of aryl methyl sites for hydroxylation is 1. The minimum atomic E-state index is -0.338. The van der Waals surface area contributed by atoms with Gasteiger partial charge in [0.15, 0.2) is 0 Å². The van der Waals surface area contributed by atoms with Crippen molar-refractivity contribution in [2.24, 2.45) is 5.41 Å². The molecule has 0 radical (unpaired) electrons. The van der Waals surface area contributed by atoms with Crippen molar-refractivity contribution < 1.29 is 18.7 Å². The molecule has 2 aliphatic rings. The van der Waals surface area contributed by atoms with Crippen molar-refractivity contribution in [2.75, 3.05) is 33.4 Å². The van der Waals surface area contributed by atoms with Gasteiger partial charge in [0.1, 0.15) is 11.9 Å². The van der Waals surface area contributed by atoms with Gasteiger partial charge in [0.05, 0.1) is 25.2 Å². The van der Waals surface area contributed by atoms with Gasteiger partial charge in [-0.15, -0.1) is 0 Å². The first-order valence-corrected chi connectivity index (χ1v) is 8.22. The molecule has 1 amide bonds. The first kappa shape index (κ1) is 16.4. The van der Waals surface area contributed by atoms with E-state index >= 15 is 0 Å². The maximum Gasteiger partial charge on any atom is 0.231 e. The molecule has 1 saturated carbocycles. The molecule has 3 rings (SSSR count). The van der Waals surface area contributed by atoms with Crippen molar-refractivity contribution in [1.29, 1.82) is 0 Å². The molecule has 1 heterocycles. The van der Waals surface area contributed by atoms with Gasteiger partial charge in [0.2, 0.25) is 5.91 Å². The lowest BCUT2D eigenvalue weighted by Gasteiger charge is -2.45. The fraction of sp³-hybridized carbons (Fsp3) is 0.611. The van der Waals surface area contributed by atoms with E-state index < -0.39 is 0 Å². The Kier molecular flexibility index (Phi) is 4.69. The normalized spacial score (nSPS) is 23.4. The molecule has 4 nitrogen and oxygen atoms in total. The summed E-state index contributed by atoms with van der Waals surface area (Å²) < 4.78 is 24.5. The molecular weight excluding hydrogens is 297 g/mol. The van der Waals surface area contributed by atoms with E-state index in [-0.39, 0.29) is 23.2 Å². The fourth-order valence-corrected chi connectivity index (χ4v) is 3.54. The predicted molar refractivity (Wildman–Crippen MR) is 84.6 cm³/mol. The van der Waals surface area contributed by atoms with Crippen LogP contribution in [0, 0.1) is 18.2 Å². The monoisotopic (exact) mass is 321 g/mol. The Bertz CT molecular complexity index is 586. The Morgan fingerprint density at radius 2 is 2.26 bits per heavy atom. The number of ether oxygens (including phenoxy) is 2. The molecule has 1 aliphatic heterocycles. The zero-order valence-corrected chi connectivity index (χ0v) is 13.8. The molecule has 1 unspecified atom stereocenters. The van der Waals surface area contributed by atoms with Crippen molar-refractivity contribution in [2.45, 2.75) is 32.3 Å². The average Bonchev–Trinajstić information content (AvgIpc) is 2.53. The third kappa shape index (κ3) is 3.12. The van der Waals surface area contributed by atoms with Crippen LogP contribution in [0.3, 0.4) is 0 Å². The quantitative estimate of drug-likeness (QED) is 0.856. The van der Waals surface area contributed by atoms with Crippen molar-refractivity contribution in [1.82, 2.24) is 4.90 Å². The Balaban J connectivity index is 1.72. The molecule has 23 heavy (non-hydrogen) atoms. The number of rotatable bonds is 4. The highest BCUT2D eigenvalue weighted by Gasteiger charge is 2.47. The first-order chi connectivity index (χ1) is 11.1. The van der Waals surface area contributed by atoms with Crippen molar-refractivity contribution in [3.63, 3.8) is 0 Å². The van der Waals surface area contributed by atoms with Gasteiger partial charge in [-0.1, -0.05) is 18.6 Å². The van der Waals surface area contributed by atoms with E-state index in [2.05, 4.69) is 0 Å². The van der Waals surface area contributed by atoms with Gasteiger partial charge in [0, 0.05) is 13.7 Å². The van der Waals surface area contributed by atoms with E-state index in [1.165, 1.54) is 6.07 Å². The van der Waals surface area contributed by atoms with Crippen LogP contribution in [0.15, 0.2) is 18.2 Å². The molecule has 1 aromatic carbocycles. The van der Waals surface area contributed by atoms with Crippen LogP contribution in [0.4, 0.5) is 4.39 Å². The number of hydrogen-bond acceptors (Lipinski definition) is 3. The standard InChI is InChI=1S/C18H24FNO3/c1-13-10-14(4-5-15(13)19)16-11-20(8-9-23-16)17(21)18(12-22-2)6-3-7-18/h4-5,10,16H,3,6-9,11-12H2,1-2H3. The largest absolute Gasteiger partial charge is 0.384 e. The molecule has 0 bridgehead atoms. The van der Waals surface area contributed by atoms with E-state index in [0.717, 1.165) is 24.8 Å². The number of methoxy groups -OCH3 is 1. The summed E-state index contributed by atoms with van der Waals surface area (Å²) in [5, 5.41) is 0. The molecule has 126 valence electrons. The van der Waals surface area contributed by atoms with Crippen LogP contribution in [0.2, 0.25) is 0 Å². The summed E-state index contributed by atoms with van der Waals surface area (Å²) in [4.78, 5) is 14.8. The highest BCUT2D eigenvalue weighted by Crippen LogP contribution is 2.43. The zero-order chi connectivity index (χ0) is 16.4. The second kappa shape index (κ2) is 6.57. The van der Waals surface area contributed by atoms with Crippen LogP contribution in [0.25, 0.3) is 0 Å². The maximum absolute atomic E-state index is 13.4. The fourth-order valence-electron chi connectivity index (χ4n) is 3.54. The van der Waals surface area contributed by atoms with Crippen LogP contribution in [0.5, 0.6) is 0 Å². The summed E-state index contributed by atoms with van der Waals surface area (Å²) in [6, 6.07) is 5.02. The van der Waals surface area contributed by atoms with Crippen LogP contribution in [0.1, 0.15) is 36.5 Å². The molecule has 1 saturated heterocycles. The molecule has 0 spiro atoms. The number of morpholine rings is 1. The van der Waals surface area contributed by atoms with E-state index in [1.54, 1.807) is 20.1 Å². The van der Waals surface area contributed by atoms with E-state index in [9.17, 15) is 9.18 Å². The summed E-state index contributed by atoms with van der Waals surface area (Å²) in [7, 11) is 1.65. The Morgan fingerprint density at radius 3 is 2.87 bits per heavy atom. The van der Waals surface area contributed by atoms with Gasteiger partial charge >= 0.3 is 0 Å². The highest BCUT2D eigenvalue weighted by atomic mass is 19.1. The van der Waals surface area contributed by atoms with E-state index in [1.807, 2.05) is 11.0 Å². The van der Waals surface area contributed by atoms with Crippen LogP contribution in [-0.4, -0.2) is 44.2 Å². The van der Waals surface area contributed by atoms with Gasteiger partial charge in [-0.3, -0.25) is 4.79 Å². The van der Waals surface area contributed by atoms with Crippen LogP contribution in [-0.2, 0) is 14.3 Å². The third-order valence-electron chi connectivity index (χ3n) is 5.09. The number of carbonyl (C=O) groups excluding carboxylic acids is 1. The molecule has 1 aromatic rings. The molecular formula is C18H24FNO3. The van der Waals surface area contributed by atoms with Crippen molar-refractivity contribution in [3.05, 3.63) is 35.1 Å². The van der Waals surface area contributed by atoms with Gasteiger partial charge in [0.25, 0.3) is 0 Å². The number of carbonyl (C=O) groups is 1. The van der Waals surface area contributed by atoms with Gasteiger partial charge in [-0.2, -0.15) is 0 Å². The molecule has 0 N–H and O–H groups in total. The summed E-state index contributed by atoms with van der Waals surface area (Å²) in [6.45, 7) is 3.88. The molecule has 5 heteroatoms. The van der Waals surface area contributed by atoms with Crippen molar-refractivity contribution in [3.8, 4) is 0 Å². The maximum atomic E-state index is 13.4. The summed E-state index contributed by atoms with van der Waals surface area (Å²) in [6.07, 6.45) is 2.70.